The van der Waals surface area contributed by atoms with E-state index in [1.54, 1.807) is 13.0 Å². The second-order valence-electron chi connectivity index (χ2n) is 5.28. The van der Waals surface area contributed by atoms with Crippen molar-refractivity contribution in [3.8, 4) is 0 Å². The van der Waals surface area contributed by atoms with Crippen LogP contribution in [-0.4, -0.2) is 22.6 Å². The Morgan fingerprint density at radius 3 is 3.04 bits per heavy atom. The summed E-state index contributed by atoms with van der Waals surface area (Å²) in [4.78, 5) is 16.0. The number of nitrogens with one attached hydrogen (secondary N) is 2. The van der Waals surface area contributed by atoms with Crippen LogP contribution in [0, 0.1) is 12.7 Å². The maximum Gasteiger partial charge on any atom is 0.227 e. The minimum Gasteiger partial charge on any atom is -0.339 e. The van der Waals surface area contributed by atoms with Crippen molar-refractivity contribution in [2.24, 2.45) is 0 Å². The molecule has 0 radical (unpaired) electrons. The molecule has 1 aromatic heterocycles. The standard InChI is InChI=1S/C15H17FN4O2.ClH/c1-9-18-14(22-20-9)5-4-13(21)19-12-3-2-10-8-17-7-6-11(10)15(12)16;/h2-3,17H,4-8H2,1H3,(H,19,21);1H. The summed E-state index contributed by atoms with van der Waals surface area (Å²) in [6, 6.07) is 3.46. The van der Waals surface area contributed by atoms with Crippen molar-refractivity contribution >= 4 is 24.0 Å². The zero-order chi connectivity index (χ0) is 15.5. The summed E-state index contributed by atoms with van der Waals surface area (Å²) in [6.07, 6.45) is 1.13. The smallest absolute Gasteiger partial charge is 0.227 e. The van der Waals surface area contributed by atoms with Gasteiger partial charge in [-0.15, -0.1) is 12.4 Å². The number of fused-ring (bicyclic) bond motifs is 1. The Bertz CT molecular complexity index is 705. The Morgan fingerprint density at radius 1 is 1.48 bits per heavy atom. The SMILES string of the molecule is Cc1noc(CCC(=O)Nc2ccc3c(c2F)CCNC3)n1.Cl. The molecule has 0 atom stereocenters. The second kappa shape index (κ2) is 7.52. The van der Waals surface area contributed by atoms with Gasteiger partial charge in [-0.25, -0.2) is 4.39 Å². The fourth-order valence-electron chi connectivity index (χ4n) is 2.50. The number of anilines is 1. The molecule has 1 amide bonds. The van der Waals surface area contributed by atoms with Gasteiger partial charge >= 0.3 is 0 Å². The minimum atomic E-state index is -0.332. The van der Waals surface area contributed by atoms with Crippen molar-refractivity contribution in [2.75, 3.05) is 11.9 Å². The van der Waals surface area contributed by atoms with Crippen LogP contribution in [0.1, 0.15) is 29.3 Å². The maximum atomic E-state index is 14.4. The largest absolute Gasteiger partial charge is 0.339 e. The molecule has 0 bridgehead atoms. The van der Waals surface area contributed by atoms with Crippen LogP contribution in [-0.2, 0) is 24.2 Å². The molecule has 8 heteroatoms. The molecule has 0 unspecified atom stereocenters. The molecule has 6 nitrogen and oxygen atoms in total. The lowest BCUT2D eigenvalue weighted by molar-refractivity contribution is -0.116. The first-order chi connectivity index (χ1) is 10.6. The average molecular weight is 341 g/mol. The van der Waals surface area contributed by atoms with E-state index in [1.165, 1.54) is 0 Å². The highest BCUT2D eigenvalue weighted by Crippen LogP contribution is 2.24. The van der Waals surface area contributed by atoms with Crippen LogP contribution in [0.4, 0.5) is 10.1 Å². The van der Waals surface area contributed by atoms with E-state index in [4.69, 9.17) is 4.52 Å². The predicted molar refractivity (Wildman–Crippen MR) is 85.0 cm³/mol. The van der Waals surface area contributed by atoms with Crippen molar-refractivity contribution < 1.29 is 13.7 Å². The number of benzene rings is 1. The average Bonchev–Trinajstić information content (AvgIpc) is 2.94. The van der Waals surface area contributed by atoms with Gasteiger partial charge in [-0.2, -0.15) is 4.98 Å². The summed E-state index contributed by atoms with van der Waals surface area (Å²) >= 11 is 0. The van der Waals surface area contributed by atoms with Gasteiger partial charge in [-0.3, -0.25) is 4.79 Å². The summed E-state index contributed by atoms with van der Waals surface area (Å²) in [7, 11) is 0. The second-order valence-corrected chi connectivity index (χ2v) is 5.28. The number of hydrogen-bond acceptors (Lipinski definition) is 5. The summed E-state index contributed by atoms with van der Waals surface area (Å²) < 4.78 is 19.3. The van der Waals surface area contributed by atoms with E-state index in [0.717, 1.165) is 12.1 Å². The first-order valence-electron chi connectivity index (χ1n) is 7.23. The van der Waals surface area contributed by atoms with Crippen molar-refractivity contribution in [3.05, 3.63) is 40.8 Å². The number of amides is 1. The predicted octanol–water partition coefficient (Wildman–Crippen LogP) is 2.16. The Hall–Kier alpha value is -1.99. The van der Waals surface area contributed by atoms with Crippen molar-refractivity contribution in [1.29, 1.82) is 0 Å². The van der Waals surface area contributed by atoms with Gasteiger partial charge in [-0.1, -0.05) is 11.2 Å². The molecule has 0 saturated heterocycles. The van der Waals surface area contributed by atoms with E-state index in [2.05, 4.69) is 20.8 Å². The maximum absolute atomic E-state index is 14.4. The third-order valence-corrected chi connectivity index (χ3v) is 3.62. The molecule has 3 rings (SSSR count). The van der Waals surface area contributed by atoms with Crippen molar-refractivity contribution in [2.45, 2.75) is 32.7 Å². The molecule has 23 heavy (non-hydrogen) atoms. The van der Waals surface area contributed by atoms with Gasteiger partial charge in [-0.05, 0) is 37.1 Å². The molecular weight excluding hydrogens is 323 g/mol. The molecule has 2 heterocycles. The molecular formula is C15H18ClFN4O2. The number of aryl methyl sites for hydroxylation is 2. The van der Waals surface area contributed by atoms with Crippen LogP contribution in [0.25, 0.3) is 0 Å². The lowest BCUT2D eigenvalue weighted by Crippen LogP contribution is -2.25. The normalized spacial score (nSPS) is 13.1. The minimum absolute atomic E-state index is 0. The van der Waals surface area contributed by atoms with Gasteiger partial charge in [0.25, 0.3) is 0 Å². The van der Waals surface area contributed by atoms with Crippen LogP contribution in [0.15, 0.2) is 16.7 Å². The molecule has 124 valence electrons. The van der Waals surface area contributed by atoms with E-state index < -0.39 is 0 Å². The monoisotopic (exact) mass is 340 g/mol. The summed E-state index contributed by atoms with van der Waals surface area (Å²) in [5, 5.41) is 9.46. The van der Waals surface area contributed by atoms with Gasteiger partial charge in [0.05, 0.1) is 5.69 Å². The van der Waals surface area contributed by atoms with E-state index in [9.17, 15) is 9.18 Å². The van der Waals surface area contributed by atoms with Gasteiger partial charge in [0.15, 0.2) is 5.82 Å². The van der Waals surface area contributed by atoms with Crippen molar-refractivity contribution in [3.63, 3.8) is 0 Å². The Labute approximate surface area is 139 Å². The van der Waals surface area contributed by atoms with Crippen LogP contribution < -0.4 is 10.6 Å². The van der Waals surface area contributed by atoms with Gasteiger partial charge < -0.3 is 15.2 Å². The number of rotatable bonds is 4. The molecule has 0 aliphatic carbocycles. The molecule has 0 fully saturated rings. The lowest BCUT2D eigenvalue weighted by atomic mass is 9.99. The van der Waals surface area contributed by atoms with Crippen LogP contribution in [0.2, 0.25) is 0 Å². The summed E-state index contributed by atoms with van der Waals surface area (Å²) in [5.41, 5.74) is 1.86. The topological polar surface area (TPSA) is 80.0 Å². The molecule has 0 spiro atoms. The summed E-state index contributed by atoms with van der Waals surface area (Å²) in [5.74, 6) is 0.332. The lowest BCUT2D eigenvalue weighted by Gasteiger charge is -2.19. The van der Waals surface area contributed by atoms with Gasteiger partial charge in [0.2, 0.25) is 11.8 Å². The third-order valence-electron chi connectivity index (χ3n) is 3.62. The number of hydrogen-bond donors (Lipinski definition) is 2. The Kier molecular flexibility index (Phi) is 5.68. The van der Waals surface area contributed by atoms with Crippen LogP contribution in [0.3, 0.4) is 0 Å². The molecule has 0 saturated carbocycles. The van der Waals surface area contributed by atoms with E-state index in [-0.39, 0.29) is 36.2 Å². The quantitative estimate of drug-likeness (QED) is 0.891. The fraction of sp³-hybridized carbons (Fsp3) is 0.400. The van der Waals surface area contributed by atoms with E-state index >= 15 is 0 Å². The first-order valence-corrected chi connectivity index (χ1v) is 7.23. The first kappa shape index (κ1) is 17.4. The Balaban J connectivity index is 0.00000192. The van der Waals surface area contributed by atoms with Crippen LogP contribution in [0.5, 0.6) is 0 Å². The Morgan fingerprint density at radius 2 is 2.30 bits per heavy atom. The van der Waals surface area contributed by atoms with Crippen LogP contribution >= 0.6 is 12.4 Å². The van der Waals surface area contributed by atoms with E-state index in [0.29, 0.717) is 36.7 Å². The molecule has 2 N–H and O–H groups in total. The van der Waals surface area contributed by atoms with Gasteiger partial charge in [0, 0.05) is 19.4 Å². The third kappa shape index (κ3) is 4.05. The number of carbonyl (C=O) groups is 1. The fourth-order valence-corrected chi connectivity index (χ4v) is 2.50. The summed E-state index contributed by atoms with van der Waals surface area (Å²) in [6.45, 7) is 3.12. The highest BCUT2D eigenvalue weighted by molar-refractivity contribution is 5.91. The van der Waals surface area contributed by atoms with Crippen molar-refractivity contribution in [1.82, 2.24) is 15.5 Å². The highest BCUT2D eigenvalue weighted by Gasteiger charge is 2.17. The van der Waals surface area contributed by atoms with E-state index in [1.807, 2.05) is 6.07 Å². The molecule has 1 aromatic carbocycles. The number of carbonyl (C=O) groups excluding carboxylic acids is 1. The molecule has 1 aliphatic heterocycles. The highest BCUT2D eigenvalue weighted by atomic mass is 35.5. The zero-order valence-electron chi connectivity index (χ0n) is 12.7. The zero-order valence-corrected chi connectivity index (χ0v) is 13.5. The number of halogens is 2. The number of nitrogens with zero attached hydrogens (tertiary/aromatic N) is 2. The molecule has 1 aliphatic rings. The molecule has 2 aromatic rings. The van der Waals surface area contributed by atoms with Gasteiger partial charge in [0.1, 0.15) is 5.82 Å². The number of aromatic nitrogens is 2.